The number of allylic oxidation sites excluding steroid dienone is 10. The van der Waals surface area contributed by atoms with Crippen LogP contribution in [0.5, 0.6) is 0 Å². The van der Waals surface area contributed by atoms with Gasteiger partial charge in [-0.15, -0.1) is 25.7 Å². The number of thioether (sulfide) groups is 2. The molecule has 0 fully saturated rings. The normalized spacial score (nSPS) is 18.8. The van der Waals surface area contributed by atoms with Crippen LogP contribution in [0.15, 0.2) is 58.4 Å². The summed E-state index contributed by atoms with van der Waals surface area (Å²) in [5.74, 6) is 0. The Hall–Kier alpha value is -0.146. The molecule has 0 N–H and O–H groups in total. The van der Waals surface area contributed by atoms with Gasteiger partial charge < -0.3 is 23.5 Å². The van der Waals surface area contributed by atoms with Crippen molar-refractivity contribution >= 4 is 23.5 Å². The van der Waals surface area contributed by atoms with E-state index in [0.29, 0.717) is 0 Å². The van der Waals surface area contributed by atoms with Gasteiger partial charge in [-0.2, -0.15) is 25.0 Å². The molecule has 0 aromatic heterocycles. The SMILES string of the molecule is CCC1=CS[C-](CC)C1.CCC1=CS[C-](CC)C1.[C-]1=CC=CC1.[C-]1=CC=CC1.[Ti+4]. The van der Waals surface area contributed by atoms with E-state index < -0.39 is 0 Å². The fourth-order valence-corrected chi connectivity index (χ4v) is 4.56. The van der Waals surface area contributed by atoms with Crippen molar-refractivity contribution in [2.24, 2.45) is 0 Å². The summed E-state index contributed by atoms with van der Waals surface area (Å²) in [6.07, 6.45) is 27.5. The summed E-state index contributed by atoms with van der Waals surface area (Å²) in [5, 5.41) is 7.87. The van der Waals surface area contributed by atoms with Crippen LogP contribution in [0.4, 0.5) is 0 Å². The minimum absolute atomic E-state index is 0. The van der Waals surface area contributed by atoms with E-state index in [1.54, 1.807) is 21.6 Å². The molecular formula is C26H36S2Ti. The summed E-state index contributed by atoms with van der Waals surface area (Å²) in [6, 6.07) is 0. The van der Waals surface area contributed by atoms with Crippen molar-refractivity contribution in [3.8, 4) is 0 Å². The van der Waals surface area contributed by atoms with Crippen molar-refractivity contribution in [2.45, 2.75) is 79.1 Å². The second-order valence-corrected chi connectivity index (χ2v) is 8.74. The first-order valence-electron chi connectivity index (χ1n) is 10.5. The quantitative estimate of drug-likeness (QED) is 0.303. The maximum absolute atomic E-state index is 2.99. The zero-order valence-electron chi connectivity index (χ0n) is 18.6. The van der Waals surface area contributed by atoms with Gasteiger partial charge in [0.05, 0.1) is 0 Å². The number of hydrogen-bond acceptors (Lipinski definition) is 2. The number of rotatable bonds is 4. The van der Waals surface area contributed by atoms with Crippen LogP contribution in [0.2, 0.25) is 0 Å². The largest absolute Gasteiger partial charge is 4.00 e. The summed E-state index contributed by atoms with van der Waals surface area (Å²) in [7, 11) is 0. The maximum atomic E-state index is 2.99. The van der Waals surface area contributed by atoms with E-state index in [4.69, 9.17) is 0 Å². The first-order valence-corrected chi connectivity index (χ1v) is 12.3. The fourth-order valence-electron chi connectivity index (χ4n) is 2.52. The Morgan fingerprint density at radius 2 is 1.17 bits per heavy atom. The van der Waals surface area contributed by atoms with Gasteiger partial charge in [0.25, 0.3) is 0 Å². The smallest absolute Gasteiger partial charge is 0.321 e. The summed E-state index contributed by atoms with van der Waals surface area (Å²) < 4.78 is 0. The van der Waals surface area contributed by atoms with Gasteiger partial charge >= 0.3 is 21.7 Å². The third-order valence-corrected chi connectivity index (χ3v) is 6.94. The molecule has 4 rings (SSSR count). The topological polar surface area (TPSA) is 0 Å². The summed E-state index contributed by atoms with van der Waals surface area (Å²) in [6.45, 7) is 8.92. The maximum Gasteiger partial charge on any atom is 4.00 e. The molecule has 3 heteroatoms. The summed E-state index contributed by atoms with van der Waals surface area (Å²) >= 11 is 3.86. The second-order valence-electron chi connectivity index (χ2n) is 6.64. The van der Waals surface area contributed by atoms with Gasteiger partial charge in [-0.1, -0.05) is 49.7 Å². The minimum Gasteiger partial charge on any atom is -0.321 e. The van der Waals surface area contributed by atoms with Gasteiger partial charge in [-0.3, -0.25) is 22.7 Å². The molecule has 29 heavy (non-hydrogen) atoms. The van der Waals surface area contributed by atoms with Crippen LogP contribution in [-0.4, -0.2) is 0 Å². The van der Waals surface area contributed by atoms with Crippen molar-refractivity contribution in [3.05, 3.63) is 81.1 Å². The van der Waals surface area contributed by atoms with E-state index in [9.17, 15) is 0 Å². The molecule has 2 aliphatic heterocycles. The van der Waals surface area contributed by atoms with Crippen LogP contribution in [0.1, 0.15) is 79.1 Å². The van der Waals surface area contributed by atoms with Gasteiger partial charge in [0.1, 0.15) is 0 Å². The third kappa shape index (κ3) is 14.5. The minimum atomic E-state index is 0. The van der Waals surface area contributed by atoms with Crippen LogP contribution < -0.4 is 0 Å². The van der Waals surface area contributed by atoms with Crippen molar-refractivity contribution in [2.75, 3.05) is 0 Å². The van der Waals surface area contributed by atoms with Crippen LogP contribution in [0.3, 0.4) is 0 Å². The van der Waals surface area contributed by atoms with E-state index in [2.05, 4.69) is 62.8 Å². The predicted molar refractivity (Wildman–Crippen MR) is 131 cm³/mol. The average Bonchev–Trinajstić information content (AvgIpc) is 3.58. The van der Waals surface area contributed by atoms with Crippen LogP contribution in [0, 0.1) is 22.7 Å². The number of hydrogen-bond donors (Lipinski definition) is 0. The first kappa shape index (κ1) is 28.9. The molecule has 156 valence electrons. The third-order valence-electron chi connectivity index (χ3n) is 4.50. The Morgan fingerprint density at radius 1 is 0.759 bits per heavy atom. The first-order chi connectivity index (χ1) is 13.7. The molecule has 0 atom stereocenters. The average molecular weight is 461 g/mol. The van der Waals surface area contributed by atoms with Crippen LogP contribution in [-0.2, 0) is 21.7 Å². The van der Waals surface area contributed by atoms with Gasteiger partial charge in [0.2, 0.25) is 0 Å². The van der Waals surface area contributed by atoms with E-state index in [0.717, 1.165) is 12.8 Å². The van der Waals surface area contributed by atoms with Crippen molar-refractivity contribution in [1.29, 1.82) is 0 Å². The van der Waals surface area contributed by atoms with Crippen molar-refractivity contribution in [3.63, 3.8) is 0 Å². The molecule has 0 bridgehead atoms. The van der Waals surface area contributed by atoms with Gasteiger partial charge in [-0.05, 0) is 12.8 Å². The Morgan fingerprint density at radius 3 is 1.31 bits per heavy atom. The molecule has 0 spiro atoms. The Balaban J connectivity index is 0.000000369. The molecule has 4 aliphatic rings. The molecule has 0 nitrogen and oxygen atoms in total. The fraction of sp³-hybridized carbons (Fsp3) is 0.462. The zero-order valence-corrected chi connectivity index (χ0v) is 21.8. The van der Waals surface area contributed by atoms with Crippen LogP contribution in [0.25, 0.3) is 0 Å². The van der Waals surface area contributed by atoms with E-state index in [1.165, 1.54) is 38.5 Å². The molecule has 2 heterocycles. The Bertz CT molecular complexity index is 510. The predicted octanol–water partition coefficient (Wildman–Crippen LogP) is 9.33. The van der Waals surface area contributed by atoms with Crippen LogP contribution >= 0.6 is 23.5 Å². The molecule has 0 radical (unpaired) electrons. The summed E-state index contributed by atoms with van der Waals surface area (Å²) in [4.78, 5) is 0. The van der Waals surface area contributed by atoms with Gasteiger partial charge in [-0.25, -0.2) is 24.3 Å². The standard InChI is InChI=1S/2C8H13S.2C5H5.Ti/c2*1-3-7-5-8(4-2)9-6-7;2*1-2-4-5-3-1;/h2*6H,3-5H2,1-2H3;2*1-3H,4H2;/q4*-1;+4. The summed E-state index contributed by atoms with van der Waals surface area (Å²) in [5.41, 5.74) is 3.22. The van der Waals surface area contributed by atoms with E-state index >= 15 is 0 Å². The van der Waals surface area contributed by atoms with Crippen molar-refractivity contribution < 1.29 is 21.7 Å². The molecule has 0 aromatic rings. The van der Waals surface area contributed by atoms with Gasteiger partial charge in [0.15, 0.2) is 0 Å². The van der Waals surface area contributed by atoms with E-state index in [1.807, 2.05) is 47.8 Å². The molecule has 0 saturated heterocycles. The molecule has 0 saturated carbocycles. The van der Waals surface area contributed by atoms with Gasteiger partial charge in [0, 0.05) is 0 Å². The monoisotopic (exact) mass is 460 g/mol. The molecule has 0 unspecified atom stereocenters. The Labute approximate surface area is 204 Å². The molecule has 0 amide bonds. The van der Waals surface area contributed by atoms with Crippen molar-refractivity contribution in [1.82, 2.24) is 0 Å². The molecule has 2 aliphatic carbocycles. The van der Waals surface area contributed by atoms with E-state index in [-0.39, 0.29) is 21.7 Å². The molecule has 0 aromatic carbocycles. The molecular weight excluding hydrogens is 424 g/mol. The second kappa shape index (κ2) is 19.8. The Kier molecular flexibility index (Phi) is 19.7. The zero-order chi connectivity index (χ0) is 20.5.